The number of pyridine rings is 1. The molecule has 122 valence electrons. The molecule has 1 aliphatic rings. The van der Waals surface area contributed by atoms with Gasteiger partial charge in [0.25, 0.3) is 0 Å². The quantitative estimate of drug-likeness (QED) is 0.678. The maximum atomic E-state index is 8.87. The molecule has 3 nitrogen and oxygen atoms in total. The number of fused-ring (bicyclic) bond motifs is 1. The minimum Gasteiger partial charge on any atom is -0.398 e. The molecular weight excluding hydrogens is 314 g/mol. The zero-order valence-electron chi connectivity index (χ0n) is 13.8. The van der Waals surface area contributed by atoms with E-state index in [1.165, 1.54) is 29.3 Å². The SMILES string of the molecule is CSc1nc2c(cc1/C(N)=C/C#N)CC(Cc1ccccc1)CC2. The highest BCUT2D eigenvalue weighted by Gasteiger charge is 2.22. The molecule has 0 radical (unpaired) electrons. The summed E-state index contributed by atoms with van der Waals surface area (Å²) in [5.74, 6) is 0.635. The molecule has 24 heavy (non-hydrogen) atoms. The lowest BCUT2D eigenvalue weighted by atomic mass is 9.82. The van der Waals surface area contributed by atoms with Crippen molar-refractivity contribution in [1.82, 2.24) is 4.98 Å². The van der Waals surface area contributed by atoms with Crippen molar-refractivity contribution in [2.24, 2.45) is 11.7 Å². The first kappa shape index (κ1) is 16.6. The van der Waals surface area contributed by atoms with E-state index in [4.69, 9.17) is 16.0 Å². The number of nitriles is 1. The van der Waals surface area contributed by atoms with E-state index in [1.807, 2.05) is 12.3 Å². The molecule has 1 aromatic heterocycles. The Bertz CT molecular complexity index is 791. The van der Waals surface area contributed by atoms with Gasteiger partial charge in [0.05, 0.1) is 11.8 Å². The lowest BCUT2D eigenvalue weighted by Crippen LogP contribution is -2.19. The number of aryl methyl sites for hydroxylation is 1. The van der Waals surface area contributed by atoms with Crippen LogP contribution in [0.15, 0.2) is 47.5 Å². The van der Waals surface area contributed by atoms with Crippen molar-refractivity contribution in [2.75, 3.05) is 6.26 Å². The van der Waals surface area contributed by atoms with E-state index in [2.05, 4.69) is 36.4 Å². The second-order valence-corrected chi connectivity index (χ2v) is 6.97. The van der Waals surface area contributed by atoms with E-state index in [1.54, 1.807) is 11.8 Å². The maximum Gasteiger partial charge on any atom is 0.105 e. The molecule has 1 atom stereocenters. The van der Waals surface area contributed by atoms with E-state index in [0.717, 1.165) is 29.9 Å². The summed E-state index contributed by atoms with van der Waals surface area (Å²) in [4.78, 5) is 4.81. The fourth-order valence-corrected chi connectivity index (χ4v) is 3.95. The van der Waals surface area contributed by atoms with Gasteiger partial charge in [0.2, 0.25) is 0 Å². The van der Waals surface area contributed by atoms with Crippen LogP contribution in [-0.4, -0.2) is 11.2 Å². The van der Waals surface area contributed by atoms with Crippen LogP contribution in [0, 0.1) is 17.2 Å². The maximum absolute atomic E-state index is 8.87. The number of aromatic nitrogens is 1. The Morgan fingerprint density at radius 2 is 2.21 bits per heavy atom. The highest BCUT2D eigenvalue weighted by molar-refractivity contribution is 7.98. The molecule has 1 aromatic carbocycles. The zero-order chi connectivity index (χ0) is 16.9. The van der Waals surface area contributed by atoms with Crippen LogP contribution in [0.5, 0.6) is 0 Å². The number of thioether (sulfide) groups is 1. The van der Waals surface area contributed by atoms with Crippen LogP contribution in [0.3, 0.4) is 0 Å². The Balaban J connectivity index is 1.86. The molecule has 2 aromatic rings. The summed E-state index contributed by atoms with van der Waals surface area (Å²) in [5, 5.41) is 9.79. The Labute approximate surface area is 147 Å². The Morgan fingerprint density at radius 3 is 2.92 bits per heavy atom. The molecule has 0 saturated heterocycles. The molecular formula is C20H21N3S. The first-order chi connectivity index (χ1) is 11.7. The molecule has 0 bridgehead atoms. The first-order valence-corrected chi connectivity index (χ1v) is 9.40. The summed E-state index contributed by atoms with van der Waals surface area (Å²) in [6.07, 6.45) is 7.71. The van der Waals surface area contributed by atoms with Crippen LogP contribution in [-0.2, 0) is 19.3 Å². The molecule has 1 heterocycles. The van der Waals surface area contributed by atoms with Crippen molar-refractivity contribution in [1.29, 1.82) is 5.26 Å². The largest absolute Gasteiger partial charge is 0.398 e. The van der Waals surface area contributed by atoms with E-state index in [0.29, 0.717) is 11.6 Å². The van der Waals surface area contributed by atoms with Gasteiger partial charge >= 0.3 is 0 Å². The molecule has 3 rings (SSSR count). The van der Waals surface area contributed by atoms with Crippen LogP contribution < -0.4 is 5.73 Å². The summed E-state index contributed by atoms with van der Waals surface area (Å²) >= 11 is 1.58. The third-order valence-corrected chi connectivity index (χ3v) is 5.24. The normalized spacial score (nSPS) is 17.2. The molecule has 1 unspecified atom stereocenters. The minimum absolute atomic E-state index is 0.502. The lowest BCUT2D eigenvalue weighted by Gasteiger charge is -2.25. The minimum atomic E-state index is 0.502. The van der Waals surface area contributed by atoms with Crippen molar-refractivity contribution < 1.29 is 0 Å². The van der Waals surface area contributed by atoms with Gasteiger partial charge in [-0.2, -0.15) is 5.26 Å². The van der Waals surface area contributed by atoms with Crippen molar-refractivity contribution >= 4 is 17.5 Å². The monoisotopic (exact) mass is 335 g/mol. The number of benzene rings is 1. The molecule has 0 aliphatic heterocycles. The summed E-state index contributed by atoms with van der Waals surface area (Å²) in [5.41, 5.74) is 11.3. The molecule has 0 fully saturated rings. The predicted molar refractivity (Wildman–Crippen MR) is 99.5 cm³/mol. The Hall–Kier alpha value is -2.25. The smallest absolute Gasteiger partial charge is 0.105 e. The third-order valence-electron chi connectivity index (χ3n) is 4.55. The number of nitrogens with zero attached hydrogens (tertiary/aromatic N) is 2. The highest BCUT2D eigenvalue weighted by Crippen LogP contribution is 2.32. The van der Waals surface area contributed by atoms with Crippen molar-refractivity contribution in [3.63, 3.8) is 0 Å². The summed E-state index contributed by atoms with van der Waals surface area (Å²) < 4.78 is 0. The first-order valence-electron chi connectivity index (χ1n) is 8.17. The summed E-state index contributed by atoms with van der Waals surface area (Å²) in [7, 11) is 0. The fraction of sp³-hybridized carbons (Fsp3) is 0.300. The fourth-order valence-electron chi connectivity index (χ4n) is 3.35. The van der Waals surface area contributed by atoms with E-state index in [9.17, 15) is 0 Å². The second-order valence-electron chi connectivity index (χ2n) is 6.18. The van der Waals surface area contributed by atoms with Crippen molar-refractivity contribution in [3.8, 4) is 6.07 Å². The van der Waals surface area contributed by atoms with Gasteiger partial charge in [0.15, 0.2) is 0 Å². The zero-order valence-corrected chi connectivity index (χ0v) is 14.6. The summed E-state index contributed by atoms with van der Waals surface area (Å²) in [6, 6.07) is 14.8. The summed E-state index contributed by atoms with van der Waals surface area (Å²) in [6.45, 7) is 0. The number of allylic oxidation sites excluding steroid dienone is 1. The van der Waals surface area contributed by atoms with Gasteiger partial charge in [-0.15, -0.1) is 11.8 Å². The number of hydrogen-bond acceptors (Lipinski definition) is 4. The van der Waals surface area contributed by atoms with Crippen LogP contribution in [0.4, 0.5) is 0 Å². The molecule has 0 amide bonds. The van der Waals surface area contributed by atoms with E-state index >= 15 is 0 Å². The van der Waals surface area contributed by atoms with Gasteiger partial charge in [-0.3, -0.25) is 0 Å². The van der Waals surface area contributed by atoms with Gasteiger partial charge in [-0.05, 0) is 55.1 Å². The lowest BCUT2D eigenvalue weighted by molar-refractivity contribution is 0.449. The van der Waals surface area contributed by atoms with Crippen LogP contribution >= 0.6 is 11.8 Å². The average molecular weight is 335 g/mol. The Morgan fingerprint density at radius 1 is 1.42 bits per heavy atom. The van der Waals surface area contributed by atoms with Gasteiger partial charge in [0, 0.05) is 17.3 Å². The van der Waals surface area contributed by atoms with Crippen LogP contribution in [0.2, 0.25) is 0 Å². The molecule has 0 spiro atoms. The Kier molecular flexibility index (Phi) is 5.22. The highest BCUT2D eigenvalue weighted by atomic mass is 32.2. The predicted octanol–water partition coefficient (Wildman–Crippen LogP) is 3.97. The van der Waals surface area contributed by atoms with Crippen LogP contribution in [0.1, 0.15) is 28.8 Å². The molecule has 1 aliphatic carbocycles. The average Bonchev–Trinajstić information content (AvgIpc) is 2.61. The van der Waals surface area contributed by atoms with E-state index < -0.39 is 0 Å². The van der Waals surface area contributed by atoms with Crippen LogP contribution in [0.25, 0.3) is 5.70 Å². The molecule has 2 N–H and O–H groups in total. The molecule has 4 heteroatoms. The van der Waals surface area contributed by atoms with Gasteiger partial charge < -0.3 is 5.73 Å². The van der Waals surface area contributed by atoms with Gasteiger partial charge in [-0.25, -0.2) is 4.98 Å². The van der Waals surface area contributed by atoms with E-state index in [-0.39, 0.29) is 0 Å². The van der Waals surface area contributed by atoms with Gasteiger partial charge in [-0.1, -0.05) is 30.3 Å². The topological polar surface area (TPSA) is 62.7 Å². The number of rotatable bonds is 4. The van der Waals surface area contributed by atoms with Crippen molar-refractivity contribution in [3.05, 3.63) is 64.9 Å². The van der Waals surface area contributed by atoms with Gasteiger partial charge in [0.1, 0.15) is 5.03 Å². The second kappa shape index (κ2) is 7.55. The number of nitrogens with two attached hydrogens (primary N) is 1. The number of hydrogen-bond donors (Lipinski definition) is 1. The molecule has 0 saturated carbocycles. The standard InChI is InChI=1S/C20H21N3S/c1-24-20-17(18(22)9-10-21)13-16-12-15(7-8-19(16)23-20)11-14-5-3-2-4-6-14/h2-6,9,13,15H,7-8,11-12,22H2,1H3/b18-9-. The van der Waals surface area contributed by atoms with Crippen molar-refractivity contribution in [2.45, 2.75) is 30.7 Å². The third kappa shape index (κ3) is 3.63.